The molecule has 3 heterocycles. The summed E-state index contributed by atoms with van der Waals surface area (Å²) in [4.78, 5) is 140. The van der Waals surface area contributed by atoms with Gasteiger partial charge in [-0.2, -0.15) is 0 Å². The van der Waals surface area contributed by atoms with Crippen molar-refractivity contribution in [2.75, 3.05) is 82.6 Å². The first kappa shape index (κ1) is 71.4. The molecule has 2 aliphatic heterocycles. The van der Waals surface area contributed by atoms with Crippen LogP contribution >= 0.6 is 11.8 Å². The zero-order valence-electron chi connectivity index (χ0n) is 48.8. The number of hydrogen-bond donors (Lipinski definition) is 4. The Balaban J connectivity index is 0.0000155. The molecule has 5 rings (SSSR count). The van der Waals surface area contributed by atoms with Crippen LogP contribution in [0.15, 0.2) is 23.1 Å². The van der Waals surface area contributed by atoms with Gasteiger partial charge in [0.25, 0.3) is 0 Å². The number of hydrogen-bond acceptors (Lipinski definition) is 16. The van der Waals surface area contributed by atoms with Crippen LogP contribution in [0.4, 0.5) is 10.1 Å². The molecule has 4 N–H and O–H groups in total. The number of carbonyl (C=O) groups is 10. The Labute approximate surface area is 512 Å². The minimum Gasteiger partial charge on any atom is -0.756 e. The van der Waals surface area contributed by atoms with Crippen molar-refractivity contribution in [3.8, 4) is 0 Å². The predicted octanol–water partition coefficient (Wildman–Crippen LogP) is 4.45. The summed E-state index contributed by atoms with van der Waals surface area (Å²) in [7, 11) is 0. The van der Waals surface area contributed by atoms with Gasteiger partial charge in [0.1, 0.15) is 11.4 Å². The fourth-order valence-electron chi connectivity index (χ4n) is 9.83. The third-order valence-electron chi connectivity index (χ3n) is 15.0. The molecule has 2 aromatic rings. The van der Waals surface area contributed by atoms with Crippen LogP contribution in [0.3, 0.4) is 0 Å². The molecule has 1 unspecified atom stereocenters. The summed E-state index contributed by atoms with van der Waals surface area (Å²) >= 11 is 1.44. The van der Waals surface area contributed by atoms with E-state index in [4.69, 9.17) is 0 Å². The van der Waals surface area contributed by atoms with E-state index in [2.05, 4.69) is 16.0 Å². The zero-order valence-corrected chi connectivity index (χ0v) is 52.0. The van der Waals surface area contributed by atoms with Crippen LogP contribution in [0.5, 0.6) is 0 Å². The fourth-order valence-corrected chi connectivity index (χ4v) is 11.0. The van der Waals surface area contributed by atoms with Gasteiger partial charge in [-0.25, -0.2) is 9.18 Å². The number of carboxylic acids is 1. The number of likely N-dealkylation sites (tertiary alicyclic amines) is 1. The molecule has 466 valence electrons. The van der Waals surface area contributed by atoms with Crippen molar-refractivity contribution in [2.24, 2.45) is 0 Å². The number of amides is 9. The number of carboxylic acid groups (broad SMARTS) is 1. The average molecular weight is 1270 g/mol. The summed E-state index contributed by atoms with van der Waals surface area (Å²) in [5.74, 6) is -4.70. The summed E-state index contributed by atoms with van der Waals surface area (Å²) < 4.78 is 17.2. The van der Waals surface area contributed by atoms with Crippen molar-refractivity contribution in [1.29, 1.82) is 0 Å². The summed E-state index contributed by atoms with van der Waals surface area (Å²) in [5.41, 5.74) is -0.306. The number of aromatic nitrogens is 1. The molecule has 3 aliphatic rings. The minimum absolute atomic E-state index is 0. The number of nitrogens with one attached hydrogen (secondary N) is 3. The maximum Gasteiger partial charge on any atom is 3.00 e. The van der Waals surface area contributed by atoms with Crippen LogP contribution in [0.1, 0.15) is 171 Å². The molecule has 9 amide bonds. The van der Waals surface area contributed by atoms with E-state index in [-0.39, 0.29) is 138 Å². The molecule has 0 bridgehead atoms. The molecule has 0 spiro atoms. The van der Waals surface area contributed by atoms with Gasteiger partial charge >= 0.3 is 25.8 Å². The number of nitrogens with zero attached hydrogens (tertiary/aromatic N) is 7. The molecule has 1 aliphatic carbocycles. The van der Waals surface area contributed by atoms with Crippen LogP contribution in [0.25, 0.3) is 10.9 Å². The van der Waals surface area contributed by atoms with E-state index in [0.29, 0.717) is 155 Å². The van der Waals surface area contributed by atoms with Gasteiger partial charge in [0.05, 0.1) is 16.5 Å². The van der Waals surface area contributed by atoms with Gasteiger partial charge in [0.15, 0.2) is 0 Å². The van der Waals surface area contributed by atoms with Gasteiger partial charge in [0, 0.05) is 141 Å². The van der Waals surface area contributed by atoms with Crippen molar-refractivity contribution in [3.05, 3.63) is 55.6 Å². The molecule has 85 heavy (non-hydrogen) atoms. The smallest absolute Gasteiger partial charge is 0.756 e. The Hall–Kier alpha value is -6.07. The van der Waals surface area contributed by atoms with E-state index < -0.39 is 46.1 Å². The standard InChI is InChI=1S/C57H82FN10O15S.Ga/c1-40(69)66(81)28-11-3-8-25-60-49(71)20-22-53(75)68(83)30-13-5-10-26-61-50(72)21-23-52(74)67(82)29-12-4-9-24-59-48(70)16-7-14-27-64-54(76)38-47(56(64)78)84-35-15-2-6-17-51(73)63-33-31-62(32-34-63)46-37-45-42(36-44(46)58)55(77)43(57(79)80)39-65(45)41-18-19-41;/h36-37,39,41,47H,2-35,38H2,1H3,(H,59,70)(H,60,71)(H,61,72)(H,79,80);/q-3;+3. The molecule has 28 heteroatoms. The number of fused-ring (bicyclic) bond motifs is 1. The van der Waals surface area contributed by atoms with Gasteiger partial charge in [0.2, 0.25) is 58.6 Å². The molecule has 1 saturated carbocycles. The Bertz CT molecular complexity index is 2680. The van der Waals surface area contributed by atoms with E-state index >= 15 is 4.39 Å². The number of unbranched alkanes of at least 4 members (excludes halogenated alkanes) is 9. The number of pyridine rings is 1. The monoisotopic (exact) mass is 1270 g/mol. The van der Waals surface area contributed by atoms with Crippen LogP contribution in [0, 0.1) is 21.4 Å². The normalized spacial score (nSPS) is 14.9. The van der Waals surface area contributed by atoms with Crippen LogP contribution in [0.2, 0.25) is 0 Å². The number of benzene rings is 1. The van der Waals surface area contributed by atoms with Crippen LogP contribution in [-0.4, -0.2) is 197 Å². The zero-order chi connectivity index (χ0) is 61.1. The number of hydroxylamine groups is 6. The molecule has 3 fully saturated rings. The number of aromatic carboxylic acids is 1. The van der Waals surface area contributed by atoms with Crippen molar-refractivity contribution in [3.63, 3.8) is 0 Å². The number of imide groups is 1. The Morgan fingerprint density at radius 2 is 1.16 bits per heavy atom. The molecule has 2 saturated heterocycles. The summed E-state index contributed by atoms with van der Waals surface area (Å²) in [6.07, 6.45) is 10.8. The second kappa shape index (κ2) is 37.5. The van der Waals surface area contributed by atoms with E-state index in [1.807, 2.05) is 4.90 Å². The maximum absolute atomic E-state index is 15.4. The number of carbonyl (C=O) groups excluding carboxylic acids is 9. The maximum atomic E-state index is 15.4. The van der Waals surface area contributed by atoms with Crippen LogP contribution < -0.4 is 26.3 Å². The molecule has 1 atom stereocenters. The molecule has 0 radical (unpaired) electrons. The molecular formula is C57H82FGaN10O15S. The summed E-state index contributed by atoms with van der Waals surface area (Å²) in [6, 6.07) is 2.79. The average Bonchev–Trinajstić information content (AvgIpc) is 2.14. The van der Waals surface area contributed by atoms with E-state index in [9.17, 15) is 73.5 Å². The van der Waals surface area contributed by atoms with E-state index in [1.54, 1.807) is 15.5 Å². The van der Waals surface area contributed by atoms with Crippen molar-refractivity contribution in [1.82, 2.24) is 45.5 Å². The molecule has 1 aromatic heterocycles. The first-order valence-electron chi connectivity index (χ1n) is 29.6. The SMILES string of the molecule is CC(=O)N([O-])CCCCCNC(=O)CCC(=O)N([O-])CCCCCNC(=O)CCC(=O)N([O-])CCCCCNC(=O)CCCCN1C(=O)CC(SCCCCCC(=O)N2CCN(c3cc4c(cc3F)c(=O)c(C(=O)O)cn4C3CC3)CC2)C1=O.[Ga+3]. The number of thioether (sulfide) groups is 1. The second-order valence-electron chi connectivity index (χ2n) is 21.6. The van der Waals surface area contributed by atoms with E-state index in [0.717, 1.165) is 31.7 Å². The third-order valence-corrected chi connectivity index (χ3v) is 16.3. The Morgan fingerprint density at radius 1 is 0.647 bits per heavy atom. The largest absolute Gasteiger partial charge is 3.00 e. The van der Waals surface area contributed by atoms with Crippen LogP contribution in [-0.2, 0) is 43.2 Å². The van der Waals surface area contributed by atoms with Gasteiger partial charge in [-0.15, -0.1) is 11.8 Å². The Kier molecular flexibility index (Phi) is 31.5. The number of rotatable bonds is 39. The third kappa shape index (κ3) is 24.3. The molecule has 1 aromatic carbocycles. The van der Waals surface area contributed by atoms with Gasteiger partial charge < -0.3 is 66.2 Å². The fraction of sp³-hybridized carbons (Fsp3) is 0.667. The number of anilines is 1. The number of halogens is 1. The van der Waals surface area contributed by atoms with Gasteiger partial charge in [-0.05, 0) is 114 Å². The van der Waals surface area contributed by atoms with Crippen molar-refractivity contribution < 1.29 is 57.4 Å². The van der Waals surface area contributed by atoms with Gasteiger partial charge in [-0.3, -0.25) is 52.8 Å². The summed E-state index contributed by atoms with van der Waals surface area (Å²) in [6.45, 7) is 4.00. The van der Waals surface area contributed by atoms with E-state index in [1.165, 1.54) is 29.8 Å². The quantitative estimate of drug-likeness (QED) is 0.0311. The number of piperazine rings is 1. The predicted molar refractivity (Wildman–Crippen MR) is 318 cm³/mol. The topological polar surface area (TPSA) is 338 Å². The van der Waals surface area contributed by atoms with Crippen molar-refractivity contribution in [2.45, 2.75) is 166 Å². The first-order chi connectivity index (χ1) is 40.2. The molecule has 25 nitrogen and oxygen atoms in total. The summed E-state index contributed by atoms with van der Waals surface area (Å²) in [5, 5.41) is 53.8. The molecular weight excluding hydrogens is 1190 g/mol. The first-order valence-corrected chi connectivity index (χ1v) is 30.6. The Morgan fingerprint density at radius 3 is 1.69 bits per heavy atom. The van der Waals surface area contributed by atoms with Crippen molar-refractivity contribution >= 4 is 107 Å². The minimum atomic E-state index is -1.35. The van der Waals surface area contributed by atoms with Gasteiger partial charge in [-0.1, -0.05) is 6.42 Å². The second-order valence-corrected chi connectivity index (χ2v) is 22.9.